The number of aliphatic hydroxyl groups is 3. The lowest BCUT2D eigenvalue weighted by molar-refractivity contribution is -0.302. The van der Waals surface area contributed by atoms with E-state index in [0.717, 1.165) is 37.7 Å². The van der Waals surface area contributed by atoms with Gasteiger partial charge in [0.2, 0.25) is 5.79 Å². The molecule has 4 heterocycles. The third-order valence-electron chi connectivity index (χ3n) is 15.9. The van der Waals surface area contributed by atoms with Gasteiger partial charge in [0.1, 0.15) is 30.1 Å². The first kappa shape index (κ1) is 59.3. The first-order chi connectivity index (χ1) is 32.9. The number of hydrogen-bond acceptors (Lipinski definition) is 14. The monoisotopic (exact) mass is 991 g/mol. The molecule has 5 aliphatic rings. The average molecular weight is 991 g/mol. The molecule has 0 aromatic rings. The number of cyclic esters (lactones) is 1. The van der Waals surface area contributed by atoms with Crippen molar-refractivity contribution in [3.8, 4) is 0 Å². The number of likely N-dealkylation sites (tertiary alicyclic amines) is 1. The van der Waals surface area contributed by atoms with Gasteiger partial charge in [-0.25, -0.2) is 9.59 Å². The first-order valence-corrected chi connectivity index (χ1v) is 26.1. The Balaban J connectivity index is 0.0000107. The highest BCUT2D eigenvalue weighted by molar-refractivity contribution is 6.39. The number of esters is 1. The number of allylic oxidation sites excluding steroid dienone is 3. The lowest BCUT2D eigenvalue weighted by Gasteiger charge is -2.47. The first-order valence-electron chi connectivity index (χ1n) is 26.1. The van der Waals surface area contributed by atoms with Crippen LogP contribution in [0.5, 0.6) is 0 Å². The summed E-state index contributed by atoms with van der Waals surface area (Å²) in [6.45, 7) is 12.6. The SMILES string of the molecule is C.CCCCC[C@@H]1/C=C(\C)C[C@H](C)C[C@H](OC)[C@H]2O[C@@](O)(C(=O)C(=O)N3CCCC[C@H]3C(=O)O[C@H](/C(C)=C/[C@@H]3CC[C@@H](OC(=O)N4CCC(CO)CC4)[C@H](OC)C3)[C@H](C)[C@@H](O)CC1=O)[C@H](C)C[C@@H]2OC. The van der Waals surface area contributed by atoms with Crippen molar-refractivity contribution in [1.82, 2.24) is 9.80 Å². The van der Waals surface area contributed by atoms with Crippen LogP contribution in [0, 0.1) is 35.5 Å². The molecule has 400 valence electrons. The van der Waals surface area contributed by atoms with Crippen molar-refractivity contribution in [1.29, 1.82) is 0 Å². The maximum absolute atomic E-state index is 14.6. The van der Waals surface area contributed by atoms with Gasteiger partial charge in [-0.15, -0.1) is 0 Å². The van der Waals surface area contributed by atoms with E-state index in [1.54, 1.807) is 25.9 Å². The number of aliphatic hydroxyl groups excluding tert-OH is 2. The molecule has 0 spiro atoms. The van der Waals surface area contributed by atoms with E-state index in [1.807, 2.05) is 26.0 Å². The Bertz CT molecular complexity index is 1780. The standard InChI is InChI=1S/C53H86N2O14.CH4/c1-10-11-12-15-39-25-32(2)24-33(3)26-45(65-8)48-46(66-9)28-35(5)53(63,69-48)49(59)50(60)55-21-14-13-16-40(55)51(61)68-47(36(6)41(57)30-42(39)58)34(4)27-38-17-18-43(44(29-38)64-7)67-52(62)54-22-19-37(31-56)20-23-54;/h25,27,33,35-41,43-48,56-57,63H,10-24,26,28-31H2,1-9H3;1H4/b32-25+,34-27+;/t33-,35+,36+,38-,39+,40-,41-,43+,44+,45-,46-,47+,48+,53+;/m0./s1. The van der Waals surface area contributed by atoms with Crippen molar-refractivity contribution in [2.45, 2.75) is 206 Å². The van der Waals surface area contributed by atoms with Crippen molar-refractivity contribution < 1.29 is 67.7 Å². The second-order valence-corrected chi connectivity index (χ2v) is 21.2. The Morgan fingerprint density at radius 2 is 1.54 bits per heavy atom. The number of ether oxygens (including phenoxy) is 6. The van der Waals surface area contributed by atoms with Crippen molar-refractivity contribution in [2.75, 3.05) is 47.6 Å². The van der Waals surface area contributed by atoms with Crippen molar-refractivity contribution >= 4 is 29.5 Å². The van der Waals surface area contributed by atoms with E-state index in [0.29, 0.717) is 70.0 Å². The molecule has 14 atom stereocenters. The quantitative estimate of drug-likeness (QED) is 0.0815. The molecule has 1 saturated carbocycles. The second kappa shape index (κ2) is 27.7. The minimum atomic E-state index is -2.53. The van der Waals surface area contributed by atoms with Crippen LogP contribution in [0.4, 0.5) is 4.79 Å². The van der Waals surface area contributed by atoms with Gasteiger partial charge in [-0.3, -0.25) is 14.4 Å². The van der Waals surface area contributed by atoms with E-state index in [-0.39, 0.29) is 63.4 Å². The van der Waals surface area contributed by atoms with Gasteiger partial charge < -0.3 is 53.5 Å². The number of unbranched alkanes of at least 4 members (excludes halogenated alkanes) is 2. The molecule has 4 fully saturated rings. The molecular weight excluding hydrogens is 901 g/mol. The predicted molar refractivity (Wildman–Crippen MR) is 264 cm³/mol. The Morgan fingerprint density at radius 3 is 2.19 bits per heavy atom. The predicted octanol–water partition coefficient (Wildman–Crippen LogP) is 7.13. The summed E-state index contributed by atoms with van der Waals surface area (Å²) in [7, 11) is 4.66. The van der Waals surface area contributed by atoms with E-state index >= 15 is 0 Å². The summed E-state index contributed by atoms with van der Waals surface area (Å²) in [5.74, 6) is -7.56. The normalized spacial score (nSPS) is 37.0. The summed E-state index contributed by atoms with van der Waals surface area (Å²) in [4.78, 5) is 73.8. The van der Waals surface area contributed by atoms with Crippen LogP contribution in [-0.4, -0.2) is 157 Å². The van der Waals surface area contributed by atoms with Crippen molar-refractivity contribution in [2.24, 2.45) is 35.5 Å². The zero-order valence-corrected chi connectivity index (χ0v) is 43.1. The van der Waals surface area contributed by atoms with Crippen LogP contribution in [0.2, 0.25) is 0 Å². The third-order valence-corrected chi connectivity index (χ3v) is 15.9. The maximum atomic E-state index is 14.6. The van der Waals surface area contributed by atoms with Gasteiger partial charge in [0.15, 0.2) is 0 Å². The topological polar surface area (TPSA) is 208 Å². The maximum Gasteiger partial charge on any atom is 0.410 e. The molecule has 16 heteroatoms. The molecule has 2 amide bonds. The molecule has 0 radical (unpaired) electrons. The highest BCUT2D eigenvalue weighted by atomic mass is 16.7. The highest BCUT2D eigenvalue weighted by Gasteiger charge is 2.56. The summed E-state index contributed by atoms with van der Waals surface area (Å²) < 4.78 is 36.4. The number of piperidine rings is 2. The van der Waals surface area contributed by atoms with Gasteiger partial charge in [-0.2, -0.15) is 0 Å². The zero-order valence-electron chi connectivity index (χ0n) is 43.1. The van der Waals surface area contributed by atoms with Crippen LogP contribution in [0.25, 0.3) is 0 Å². The Morgan fingerprint density at radius 1 is 0.871 bits per heavy atom. The Hall–Kier alpha value is -3.25. The van der Waals surface area contributed by atoms with E-state index < -0.39 is 96.1 Å². The molecule has 0 aromatic heterocycles. The van der Waals surface area contributed by atoms with E-state index in [9.17, 15) is 39.3 Å². The van der Waals surface area contributed by atoms with Crippen molar-refractivity contribution in [3.05, 3.63) is 23.3 Å². The number of methoxy groups -OCH3 is 3. The molecular formula is C54H90N2O14. The third kappa shape index (κ3) is 14.9. The number of hydrogen-bond donors (Lipinski definition) is 3. The fraction of sp³-hybridized carbons (Fsp3) is 0.833. The van der Waals surface area contributed by atoms with E-state index in [4.69, 9.17) is 28.4 Å². The molecule has 2 bridgehead atoms. The van der Waals surface area contributed by atoms with Crippen molar-refractivity contribution in [3.63, 3.8) is 0 Å². The molecule has 3 saturated heterocycles. The van der Waals surface area contributed by atoms with Gasteiger partial charge in [-0.1, -0.05) is 72.1 Å². The fourth-order valence-electron chi connectivity index (χ4n) is 11.5. The van der Waals surface area contributed by atoms with Gasteiger partial charge in [0.05, 0.1) is 24.4 Å². The Kier molecular flexibility index (Phi) is 23.5. The highest BCUT2D eigenvalue weighted by Crippen LogP contribution is 2.40. The summed E-state index contributed by atoms with van der Waals surface area (Å²) in [5, 5.41) is 33.7. The molecule has 1 aliphatic carbocycles. The Labute approximate surface area is 418 Å². The van der Waals surface area contributed by atoms with Gasteiger partial charge in [-0.05, 0) is 114 Å². The van der Waals surface area contributed by atoms with Crippen LogP contribution in [0.15, 0.2) is 23.3 Å². The van der Waals surface area contributed by atoms with Crippen LogP contribution < -0.4 is 0 Å². The summed E-state index contributed by atoms with van der Waals surface area (Å²) in [6, 6.07) is -1.17. The van der Waals surface area contributed by atoms with E-state index in [2.05, 4.69) is 13.8 Å². The lowest BCUT2D eigenvalue weighted by atomic mass is 9.81. The van der Waals surface area contributed by atoms with Gasteiger partial charge >= 0.3 is 12.1 Å². The molecule has 70 heavy (non-hydrogen) atoms. The zero-order chi connectivity index (χ0) is 50.6. The van der Waals surface area contributed by atoms with Crippen LogP contribution in [0.1, 0.15) is 152 Å². The van der Waals surface area contributed by atoms with Gasteiger partial charge in [0, 0.05) is 71.7 Å². The largest absolute Gasteiger partial charge is 0.456 e. The summed E-state index contributed by atoms with van der Waals surface area (Å²) in [6.07, 6.45) is 7.35. The molecule has 0 unspecified atom stereocenters. The molecule has 16 nitrogen and oxygen atoms in total. The summed E-state index contributed by atoms with van der Waals surface area (Å²) in [5.41, 5.74) is 1.64. The molecule has 5 rings (SSSR count). The van der Waals surface area contributed by atoms with Crippen LogP contribution in [-0.2, 0) is 47.6 Å². The van der Waals surface area contributed by atoms with Crippen LogP contribution in [0.3, 0.4) is 0 Å². The molecule has 4 aliphatic heterocycles. The fourth-order valence-corrected chi connectivity index (χ4v) is 11.5. The molecule has 0 aromatic carbocycles. The number of rotatable bonds is 11. The van der Waals surface area contributed by atoms with E-state index in [1.165, 1.54) is 19.1 Å². The number of nitrogens with zero attached hydrogens (tertiary/aromatic N) is 2. The smallest absolute Gasteiger partial charge is 0.410 e. The van der Waals surface area contributed by atoms with Crippen LogP contribution >= 0.6 is 0 Å². The number of carbonyl (C=O) groups excluding carboxylic acids is 5. The minimum Gasteiger partial charge on any atom is -0.456 e. The average Bonchev–Trinajstić information content (AvgIpc) is 3.34. The molecule has 3 N–H and O–H groups in total. The number of Topliss-reactive ketones (excluding diaryl/α,β-unsaturated/α-hetero) is 2. The number of carbonyl (C=O) groups is 5. The number of amides is 2. The van der Waals surface area contributed by atoms with Gasteiger partial charge in [0.25, 0.3) is 11.7 Å². The lowest BCUT2D eigenvalue weighted by Crippen LogP contribution is -2.64. The number of fused-ring (bicyclic) bond motifs is 3. The second-order valence-electron chi connectivity index (χ2n) is 21.2. The minimum absolute atomic E-state index is 0. The summed E-state index contributed by atoms with van der Waals surface area (Å²) >= 11 is 0. The number of ketones is 2.